The first-order valence-electron chi connectivity index (χ1n) is 6.32. The number of rotatable bonds is 3. The fourth-order valence-corrected chi connectivity index (χ4v) is 5.06. The molecule has 0 aliphatic heterocycles. The number of carbonyl (C=O) groups is 1. The molecule has 0 N–H and O–H groups in total. The van der Waals surface area contributed by atoms with Crippen LogP contribution in [-0.2, 0) is 14.6 Å². The van der Waals surface area contributed by atoms with E-state index in [0.29, 0.717) is 16.9 Å². The molecule has 1 aromatic carbocycles. The number of hydrogen-bond donors (Lipinski definition) is 0. The highest BCUT2D eigenvalue weighted by Gasteiger charge is 2.45. The molecule has 1 saturated carbocycles. The van der Waals surface area contributed by atoms with E-state index < -0.39 is 15.1 Å². The van der Waals surface area contributed by atoms with Gasteiger partial charge in [0, 0.05) is 5.92 Å². The quantitative estimate of drug-likeness (QED) is 0.799. The largest absolute Gasteiger partial charge is 0.300 e. The molecule has 2 rings (SSSR count). The minimum atomic E-state index is -3.46. The Morgan fingerprint density at radius 1 is 1.26 bits per heavy atom. The highest BCUT2D eigenvalue weighted by Crippen LogP contribution is 2.41. The van der Waals surface area contributed by atoms with Gasteiger partial charge in [-0.05, 0) is 31.4 Å². The Balaban J connectivity index is 2.42. The Bertz CT molecular complexity index is 602. The van der Waals surface area contributed by atoms with Crippen LogP contribution in [0.3, 0.4) is 0 Å². The molecule has 0 unspecified atom stereocenters. The maximum atomic E-state index is 12.7. The lowest BCUT2D eigenvalue weighted by atomic mass is 9.94. The molecule has 0 spiro atoms. The number of benzene rings is 1. The summed E-state index contributed by atoms with van der Waals surface area (Å²) in [7, 11) is -3.46. The van der Waals surface area contributed by atoms with Gasteiger partial charge in [-0.1, -0.05) is 37.3 Å². The van der Waals surface area contributed by atoms with Crippen LogP contribution < -0.4 is 0 Å². The van der Waals surface area contributed by atoms with Crippen molar-refractivity contribution in [2.75, 3.05) is 0 Å². The van der Waals surface area contributed by atoms with Crippen molar-refractivity contribution in [2.24, 2.45) is 11.8 Å². The van der Waals surface area contributed by atoms with Gasteiger partial charge in [-0.3, -0.25) is 4.79 Å². The van der Waals surface area contributed by atoms with Crippen LogP contribution in [0.2, 0.25) is 0 Å². The maximum absolute atomic E-state index is 12.7. The molecule has 1 aromatic rings. The van der Waals surface area contributed by atoms with Crippen molar-refractivity contribution < 1.29 is 13.2 Å². The van der Waals surface area contributed by atoms with Crippen LogP contribution in [0.25, 0.3) is 0 Å². The summed E-state index contributed by atoms with van der Waals surface area (Å²) in [5.41, 5.74) is 0.650. The van der Waals surface area contributed by atoms with Crippen LogP contribution in [0.15, 0.2) is 47.4 Å². The van der Waals surface area contributed by atoms with E-state index in [-0.39, 0.29) is 17.6 Å². The molecule has 4 heteroatoms. The summed E-state index contributed by atoms with van der Waals surface area (Å²) in [6, 6.07) is 8.38. The Labute approximate surface area is 114 Å². The smallest absolute Gasteiger partial charge is 0.185 e. The number of ketones is 1. The highest BCUT2D eigenvalue weighted by molar-refractivity contribution is 7.92. The van der Waals surface area contributed by atoms with E-state index in [2.05, 4.69) is 6.58 Å². The van der Waals surface area contributed by atoms with Crippen LogP contribution in [-0.4, -0.2) is 19.5 Å². The molecule has 1 aliphatic rings. The molecule has 0 radical (unpaired) electrons. The van der Waals surface area contributed by atoms with E-state index in [1.165, 1.54) is 6.92 Å². The molecule has 0 amide bonds. The lowest BCUT2D eigenvalue weighted by Gasteiger charge is -2.19. The first-order chi connectivity index (χ1) is 8.85. The van der Waals surface area contributed by atoms with E-state index in [1.54, 1.807) is 30.3 Å². The van der Waals surface area contributed by atoms with Crippen LogP contribution >= 0.6 is 0 Å². The third-order valence-electron chi connectivity index (χ3n) is 3.92. The minimum absolute atomic E-state index is 0.0411. The molecule has 0 heterocycles. The molecule has 1 fully saturated rings. The van der Waals surface area contributed by atoms with Crippen LogP contribution in [0.4, 0.5) is 0 Å². The summed E-state index contributed by atoms with van der Waals surface area (Å²) in [5, 5.41) is -0.649. The van der Waals surface area contributed by atoms with Gasteiger partial charge in [0.15, 0.2) is 9.84 Å². The van der Waals surface area contributed by atoms with Crippen molar-refractivity contribution in [1.29, 1.82) is 0 Å². The summed E-state index contributed by atoms with van der Waals surface area (Å²) in [4.78, 5) is 11.9. The second-order valence-electron chi connectivity index (χ2n) is 5.22. The molecule has 0 aromatic heterocycles. The second kappa shape index (κ2) is 4.93. The van der Waals surface area contributed by atoms with Gasteiger partial charge >= 0.3 is 0 Å². The van der Waals surface area contributed by atoms with Gasteiger partial charge in [-0.15, -0.1) is 0 Å². The molecular weight excluding hydrogens is 260 g/mol. The van der Waals surface area contributed by atoms with Crippen molar-refractivity contribution in [3.05, 3.63) is 42.5 Å². The van der Waals surface area contributed by atoms with Crippen LogP contribution in [0, 0.1) is 11.8 Å². The Morgan fingerprint density at radius 3 is 2.32 bits per heavy atom. The SMILES string of the molecule is C=C1C[C@@H](C(C)=O)[C@H](C)[C@H]1S(=O)(=O)c1ccccc1. The summed E-state index contributed by atoms with van der Waals surface area (Å²) in [5.74, 6) is -0.398. The van der Waals surface area contributed by atoms with E-state index in [1.807, 2.05) is 6.92 Å². The summed E-state index contributed by atoms with van der Waals surface area (Å²) in [6.07, 6.45) is 0.479. The first-order valence-corrected chi connectivity index (χ1v) is 7.87. The minimum Gasteiger partial charge on any atom is -0.300 e. The number of carbonyl (C=O) groups excluding carboxylic acids is 1. The molecule has 19 heavy (non-hydrogen) atoms. The zero-order valence-electron chi connectivity index (χ0n) is 11.2. The summed E-state index contributed by atoms with van der Waals surface area (Å²) < 4.78 is 25.3. The lowest BCUT2D eigenvalue weighted by molar-refractivity contribution is -0.121. The third-order valence-corrected chi connectivity index (χ3v) is 6.29. The van der Waals surface area contributed by atoms with Gasteiger partial charge in [0.25, 0.3) is 0 Å². The monoisotopic (exact) mass is 278 g/mol. The number of sulfone groups is 1. The number of hydrogen-bond acceptors (Lipinski definition) is 3. The molecule has 3 nitrogen and oxygen atoms in total. The summed E-state index contributed by atoms with van der Waals surface area (Å²) in [6.45, 7) is 7.23. The Hall–Kier alpha value is -1.42. The number of Topliss-reactive ketones (excluding diaryl/α,β-unsaturated/α-hetero) is 1. The maximum Gasteiger partial charge on any atom is 0.185 e. The highest BCUT2D eigenvalue weighted by atomic mass is 32.2. The lowest BCUT2D eigenvalue weighted by Crippen LogP contribution is -2.28. The van der Waals surface area contributed by atoms with E-state index >= 15 is 0 Å². The Kier molecular flexibility index (Phi) is 3.63. The topological polar surface area (TPSA) is 51.2 Å². The van der Waals surface area contributed by atoms with Crippen molar-refractivity contribution >= 4 is 15.6 Å². The van der Waals surface area contributed by atoms with Crippen molar-refractivity contribution in [3.63, 3.8) is 0 Å². The predicted octanol–water partition coefficient (Wildman–Crippen LogP) is 2.63. The molecule has 0 bridgehead atoms. The van der Waals surface area contributed by atoms with Crippen LogP contribution in [0.1, 0.15) is 20.3 Å². The summed E-state index contributed by atoms with van der Waals surface area (Å²) >= 11 is 0. The zero-order valence-corrected chi connectivity index (χ0v) is 12.0. The van der Waals surface area contributed by atoms with Crippen molar-refractivity contribution in [1.82, 2.24) is 0 Å². The standard InChI is InChI=1S/C15H18O3S/c1-10-9-14(12(3)16)11(2)15(10)19(17,18)13-7-5-4-6-8-13/h4-8,11,14-15H,1,9H2,2-3H3/t11-,14+,15-/m0/s1. The molecule has 1 aliphatic carbocycles. The van der Waals surface area contributed by atoms with Gasteiger partial charge in [-0.2, -0.15) is 0 Å². The van der Waals surface area contributed by atoms with Crippen LogP contribution in [0.5, 0.6) is 0 Å². The first kappa shape index (κ1) is 14.0. The normalized spacial score (nSPS) is 27.5. The van der Waals surface area contributed by atoms with Gasteiger partial charge in [-0.25, -0.2) is 8.42 Å². The molecule has 102 valence electrons. The molecule has 3 atom stereocenters. The third kappa shape index (κ3) is 2.37. The van der Waals surface area contributed by atoms with Crippen molar-refractivity contribution in [3.8, 4) is 0 Å². The zero-order chi connectivity index (χ0) is 14.2. The van der Waals surface area contributed by atoms with Crippen molar-refractivity contribution in [2.45, 2.75) is 30.4 Å². The predicted molar refractivity (Wildman–Crippen MR) is 74.5 cm³/mol. The van der Waals surface area contributed by atoms with E-state index in [4.69, 9.17) is 0 Å². The average molecular weight is 278 g/mol. The fraction of sp³-hybridized carbons (Fsp3) is 0.400. The van der Waals surface area contributed by atoms with E-state index in [9.17, 15) is 13.2 Å². The fourth-order valence-electron chi connectivity index (χ4n) is 2.94. The average Bonchev–Trinajstić information content (AvgIpc) is 2.66. The van der Waals surface area contributed by atoms with Gasteiger partial charge in [0.2, 0.25) is 0 Å². The molecular formula is C15H18O3S. The van der Waals surface area contributed by atoms with Gasteiger partial charge < -0.3 is 0 Å². The van der Waals surface area contributed by atoms with Gasteiger partial charge in [0.1, 0.15) is 5.78 Å². The molecule has 0 saturated heterocycles. The second-order valence-corrected chi connectivity index (χ2v) is 7.29. The van der Waals surface area contributed by atoms with Gasteiger partial charge in [0.05, 0.1) is 10.1 Å². The Morgan fingerprint density at radius 2 is 1.84 bits per heavy atom. The van der Waals surface area contributed by atoms with E-state index in [0.717, 1.165) is 0 Å².